The molecule has 1 aliphatic rings. The monoisotopic (exact) mass is 210 g/mol. The second-order valence-electron chi connectivity index (χ2n) is 4.55. The highest BCUT2D eigenvalue weighted by Gasteiger charge is 2.11. The quantitative estimate of drug-likeness (QED) is 0.681. The normalized spacial score (nSPS) is 20.3. The summed E-state index contributed by atoms with van der Waals surface area (Å²) in [5, 5.41) is 9.47. The summed E-state index contributed by atoms with van der Waals surface area (Å²) in [5.41, 5.74) is 1.00. The first-order valence-electron chi connectivity index (χ1n) is 5.89. The number of hydrogen-bond donors (Lipinski definition) is 1. The van der Waals surface area contributed by atoms with Crippen molar-refractivity contribution in [3.63, 3.8) is 0 Å². The molecule has 0 aromatic rings. The van der Waals surface area contributed by atoms with E-state index in [1.165, 1.54) is 25.5 Å². The summed E-state index contributed by atoms with van der Waals surface area (Å²) in [6, 6.07) is 0. The lowest BCUT2D eigenvalue weighted by molar-refractivity contribution is -0.0256. The van der Waals surface area contributed by atoms with Crippen LogP contribution in [0, 0.1) is 5.92 Å². The van der Waals surface area contributed by atoms with Crippen molar-refractivity contribution in [2.75, 3.05) is 0 Å². The van der Waals surface area contributed by atoms with Crippen LogP contribution in [-0.2, 0) is 4.74 Å². The minimum atomic E-state index is -0.708. The van der Waals surface area contributed by atoms with Crippen molar-refractivity contribution in [2.24, 2.45) is 5.92 Å². The Morgan fingerprint density at radius 2 is 2.13 bits per heavy atom. The molecule has 2 heteroatoms. The largest absolute Gasteiger partial charge is 0.469 e. The van der Waals surface area contributed by atoms with Gasteiger partial charge in [0.2, 0.25) is 6.29 Å². The molecule has 1 heterocycles. The van der Waals surface area contributed by atoms with E-state index in [1.54, 1.807) is 0 Å². The zero-order chi connectivity index (χ0) is 11.1. The van der Waals surface area contributed by atoms with Crippen molar-refractivity contribution in [1.29, 1.82) is 0 Å². The minimum Gasteiger partial charge on any atom is -0.469 e. The smallest absolute Gasteiger partial charge is 0.219 e. The molecule has 0 saturated carbocycles. The first-order chi connectivity index (χ1) is 7.20. The van der Waals surface area contributed by atoms with Crippen LogP contribution in [0.3, 0.4) is 0 Å². The molecule has 0 fully saturated rings. The summed E-state index contributed by atoms with van der Waals surface area (Å²) in [6.45, 7) is 4.51. The molecule has 0 spiro atoms. The number of unbranched alkanes of at least 4 members (excludes halogenated alkanes) is 2. The molecular weight excluding hydrogens is 188 g/mol. The van der Waals surface area contributed by atoms with Gasteiger partial charge in [0.25, 0.3) is 0 Å². The average molecular weight is 210 g/mol. The Morgan fingerprint density at radius 3 is 2.80 bits per heavy atom. The van der Waals surface area contributed by atoms with Crippen LogP contribution in [0.25, 0.3) is 0 Å². The van der Waals surface area contributed by atoms with Crippen LogP contribution in [-0.4, -0.2) is 11.4 Å². The lowest BCUT2D eigenvalue weighted by Crippen LogP contribution is -2.14. The zero-order valence-electron chi connectivity index (χ0n) is 9.78. The summed E-state index contributed by atoms with van der Waals surface area (Å²) >= 11 is 0. The molecule has 0 aromatic heterocycles. The van der Waals surface area contributed by atoms with Crippen molar-refractivity contribution in [3.8, 4) is 0 Å². The molecule has 0 aromatic carbocycles. The van der Waals surface area contributed by atoms with Crippen LogP contribution < -0.4 is 0 Å². The standard InChI is InChI=1S/C13H22O2/c1-11(2)7-4-3-5-8-12-9-6-10-15-13(12)14/h6,9-11,13-14H,3-5,7-8H2,1-2H3. The Labute approximate surface area is 92.6 Å². The maximum absolute atomic E-state index is 9.47. The fourth-order valence-electron chi connectivity index (χ4n) is 1.72. The summed E-state index contributed by atoms with van der Waals surface area (Å²) in [5.74, 6) is 0.802. The van der Waals surface area contributed by atoms with Crippen LogP contribution in [0.15, 0.2) is 24.0 Å². The van der Waals surface area contributed by atoms with Crippen LogP contribution in [0.5, 0.6) is 0 Å². The Kier molecular flexibility index (Phi) is 5.48. The van der Waals surface area contributed by atoms with Gasteiger partial charge in [0.05, 0.1) is 6.26 Å². The van der Waals surface area contributed by atoms with Gasteiger partial charge >= 0.3 is 0 Å². The molecule has 0 radical (unpaired) electrons. The highest BCUT2D eigenvalue weighted by atomic mass is 16.6. The highest BCUT2D eigenvalue weighted by Crippen LogP contribution is 2.18. The van der Waals surface area contributed by atoms with Crippen molar-refractivity contribution in [3.05, 3.63) is 24.0 Å². The lowest BCUT2D eigenvalue weighted by atomic mass is 10.0. The van der Waals surface area contributed by atoms with E-state index in [-0.39, 0.29) is 0 Å². The molecule has 15 heavy (non-hydrogen) atoms. The molecular formula is C13H22O2. The van der Waals surface area contributed by atoms with Gasteiger partial charge in [0.15, 0.2) is 0 Å². The lowest BCUT2D eigenvalue weighted by Gasteiger charge is -2.17. The van der Waals surface area contributed by atoms with E-state index in [9.17, 15) is 5.11 Å². The molecule has 1 aliphatic heterocycles. The number of ether oxygens (including phenoxy) is 1. The van der Waals surface area contributed by atoms with Crippen LogP contribution in [0.1, 0.15) is 46.0 Å². The first kappa shape index (κ1) is 12.3. The number of hydrogen-bond acceptors (Lipinski definition) is 2. The molecule has 0 amide bonds. The number of aliphatic hydroxyl groups excluding tert-OH is 1. The van der Waals surface area contributed by atoms with Crippen LogP contribution in [0.2, 0.25) is 0 Å². The number of aliphatic hydroxyl groups is 1. The van der Waals surface area contributed by atoms with Crippen LogP contribution in [0.4, 0.5) is 0 Å². The van der Waals surface area contributed by atoms with Crippen molar-refractivity contribution in [1.82, 2.24) is 0 Å². The molecule has 0 aliphatic carbocycles. The van der Waals surface area contributed by atoms with E-state index in [1.807, 2.05) is 12.2 Å². The predicted molar refractivity (Wildman–Crippen MR) is 62.2 cm³/mol. The SMILES string of the molecule is CC(C)CCCCCC1=CC=COC1O. The van der Waals surface area contributed by atoms with E-state index >= 15 is 0 Å². The topological polar surface area (TPSA) is 29.5 Å². The zero-order valence-corrected chi connectivity index (χ0v) is 9.78. The van der Waals surface area contributed by atoms with Gasteiger partial charge in [0, 0.05) is 0 Å². The number of allylic oxidation sites excluding steroid dienone is 2. The van der Waals surface area contributed by atoms with Crippen molar-refractivity contribution >= 4 is 0 Å². The summed E-state index contributed by atoms with van der Waals surface area (Å²) < 4.78 is 4.99. The fourth-order valence-corrected chi connectivity index (χ4v) is 1.72. The average Bonchev–Trinajstić information content (AvgIpc) is 2.20. The second kappa shape index (κ2) is 6.67. The summed E-state index contributed by atoms with van der Waals surface area (Å²) in [7, 11) is 0. The van der Waals surface area contributed by atoms with Gasteiger partial charge in [-0.15, -0.1) is 0 Å². The maximum atomic E-state index is 9.47. The molecule has 0 bridgehead atoms. The van der Waals surface area contributed by atoms with Gasteiger partial charge < -0.3 is 9.84 Å². The Balaban J connectivity index is 2.09. The van der Waals surface area contributed by atoms with Gasteiger partial charge in [-0.2, -0.15) is 0 Å². The van der Waals surface area contributed by atoms with E-state index < -0.39 is 6.29 Å². The van der Waals surface area contributed by atoms with Crippen molar-refractivity contribution < 1.29 is 9.84 Å². The Morgan fingerprint density at radius 1 is 1.33 bits per heavy atom. The third-order valence-corrected chi connectivity index (χ3v) is 2.66. The van der Waals surface area contributed by atoms with Crippen LogP contribution >= 0.6 is 0 Å². The molecule has 1 unspecified atom stereocenters. The van der Waals surface area contributed by atoms with Gasteiger partial charge in [0.1, 0.15) is 0 Å². The van der Waals surface area contributed by atoms with Gasteiger partial charge in [-0.3, -0.25) is 0 Å². The van der Waals surface area contributed by atoms with Crippen molar-refractivity contribution in [2.45, 2.75) is 52.2 Å². The third kappa shape index (κ3) is 5.03. The van der Waals surface area contributed by atoms with E-state index in [0.717, 1.165) is 24.3 Å². The van der Waals surface area contributed by atoms with Gasteiger partial charge in [-0.1, -0.05) is 39.2 Å². The highest BCUT2D eigenvalue weighted by molar-refractivity contribution is 5.16. The first-order valence-corrected chi connectivity index (χ1v) is 5.89. The fraction of sp³-hybridized carbons (Fsp3) is 0.692. The molecule has 0 saturated heterocycles. The molecule has 1 rings (SSSR count). The van der Waals surface area contributed by atoms with E-state index in [0.29, 0.717) is 0 Å². The maximum Gasteiger partial charge on any atom is 0.219 e. The Bertz CT molecular complexity index is 229. The molecule has 1 N–H and O–H groups in total. The third-order valence-electron chi connectivity index (χ3n) is 2.66. The van der Waals surface area contributed by atoms with Gasteiger partial charge in [-0.05, 0) is 30.4 Å². The summed E-state index contributed by atoms with van der Waals surface area (Å²) in [4.78, 5) is 0. The molecule has 86 valence electrons. The Hall–Kier alpha value is -0.760. The minimum absolute atomic E-state index is 0.708. The molecule has 1 atom stereocenters. The van der Waals surface area contributed by atoms with Gasteiger partial charge in [-0.25, -0.2) is 0 Å². The molecule has 2 nitrogen and oxygen atoms in total. The second-order valence-corrected chi connectivity index (χ2v) is 4.55. The number of rotatable bonds is 6. The van der Waals surface area contributed by atoms with E-state index in [4.69, 9.17) is 4.74 Å². The predicted octanol–water partition coefficient (Wildman–Crippen LogP) is 3.38. The summed E-state index contributed by atoms with van der Waals surface area (Å²) in [6.07, 6.45) is 10.6. The van der Waals surface area contributed by atoms with E-state index in [2.05, 4.69) is 13.8 Å².